The van der Waals surface area contributed by atoms with Gasteiger partial charge < -0.3 is 15.5 Å². The number of rotatable bonds is 8. The van der Waals surface area contributed by atoms with Gasteiger partial charge >= 0.3 is 5.97 Å². The molecule has 0 saturated heterocycles. The van der Waals surface area contributed by atoms with Crippen LogP contribution in [-0.2, 0) is 4.79 Å². The van der Waals surface area contributed by atoms with Crippen molar-refractivity contribution in [3.8, 4) is 0 Å². The molecule has 1 aromatic rings. The van der Waals surface area contributed by atoms with E-state index in [0.29, 0.717) is 18.5 Å². The fraction of sp³-hybridized carbons (Fsp3) is 0.500. The third-order valence-corrected chi connectivity index (χ3v) is 3.31. The Bertz CT molecular complexity index is 493. The first-order chi connectivity index (χ1) is 9.90. The van der Waals surface area contributed by atoms with Crippen LogP contribution >= 0.6 is 0 Å². The van der Waals surface area contributed by atoms with Crippen LogP contribution in [0.15, 0.2) is 24.3 Å². The predicted molar refractivity (Wildman–Crippen MR) is 81.4 cm³/mol. The molecule has 0 heterocycles. The van der Waals surface area contributed by atoms with E-state index in [2.05, 4.69) is 5.32 Å². The third-order valence-electron chi connectivity index (χ3n) is 3.31. The van der Waals surface area contributed by atoms with Gasteiger partial charge in [0.2, 0.25) is 5.91 Å². The summed E-state index contributed by atoms with van der Waals surface area (Å²) in [5, 5.41) is 22.0. The molecule has 0 radical (unpaired) electrons. The van der Waals surface area contributed by atoms with Crippen LogP contribution in [0.4, 0.5) is 5.69 Å². The lowest BCUT2D eigenvalue weighted by Crippen LogP contribution is -2.33. The predicted octanol–water partition coefficient (Wildman–Crippen LogP) is 3.04. The zero-order chi connectivity index (χ0) is 15.9. The normalized spacial score (nSPS) is 11.2. The summed E-state index contributed by atoms with van der Waals surface area (Å²) >= 11 is 0. The molecule has 1 aromatic carbocycles. The molecule has 0 saturated carbocycles. The molecule has 0 atom stereocenters. The first-order valence-corrected chi connectivity index (χ1v) is 7.26. The monoisotopic (exact) mass is 293 g/mol. The van der Waals surface area contributed by atoms with Gasteiger partial charge in [0, 0.05) is 5.69 Å². The Kier molecular flexibility index (Phi) is 6.37. The number of hydrogen-bond acceptors (Lipinski definition) is 3. The molecule has 3 N–H and O–H groups in total. The van der Waals surface area contributed by atoms with Crippen molar-refractivity contribution < 1.29 is 19.8 Å². The van der Waals surface area contributed by atoms with Gasteiger partial charge in [-0.15, -0.1) is 0 Å². The number of anilines is 1. The number of aliphatic hydroxyl groups is 1. The lowest BCUT2D eigenvalue weighted by molar-refractivity contribution is -0.121. The second-order valence-electron chi connectivity index (χ2n) is 5.34. The van der Waals surface area contributed by atoms with Crippen LogP contribution in [0.1, 0.15) is 56.3 Å². The Morgan fingerprint density at radius 2 is 1.81 bits per heavy atom. The van der Waals surface area contributed by atoms with Gasteiger partial charge in [-0.3, -0.25) is 4.79 Å². The molecule has 0 aliphatic carbocycles. The summed E-state index contributed by atoms with van der Waals surface area (Å²) in [5.41, 5.74) is -0.446. The molecule has 5 nitrogen and oxygen atoms in total. The highest BCUT2D eigenvalue weighted by molar-refractivity contribution is 5.94. The number of carbonyl (C=O) groups is 2. The summed E-state index contributed by atoms with van der Waals surface area (Å²) in [7, 11) is 0. The van der Waals surface area contributed by atoms with Crippen molar-refractivity contribution in [1.29, 1.82) is 0 Å². The van der Waals surface area contributed by atoms with Crippen LogP contribution in [0.5, 0.6) is 0 Å². The Labute approximate surface area is 125 Å². The molecular formula is C16H23NO4. The minimum absolute atomic E-state index is 0.0198. The molecular weight excluding hydrogens is 270 g/mol. The molecule has 0 unspecified atom stereocenters. The summed E-state index contributed by atoms with van der Waals surface area (Å²) in [6.07, 6.45) is 2.77. The van der Waals surface area contributed by atoms with Gasteiger partial charge in [0.1, 0.15) is 0 Å². The molecule has 1 rings (SSSR count). The van der Waals surface area contributed by atoms with Crippen molar-refractivity contribution in [1.82, 2.24) is 0 Å². The minimum Gasteiger partial charge on any atom is -0.478 e. The second-order valence-corrected chi connectivity index (χ2v) is 5.34. The number of amides is 1. The van der Waals surface area contributed by atoms with E-state index in [1.165, 1.54) is 12.1 Å². The van der Waals surface area contributed by atoms with E-state index in [0.717, 1.165) is 12.8 Å². The van der Waals surface area contributed by atoms with E-state index in [9.17, 15) is 14.7 Å². The number of carboxylic acids is 1. The molecule has 0 spiro atoms. The van der Waals surface area contributed by atoms with Gasteiger partial charge in [-0.05, 0) is 31.0 Å². The number of benzene rings is 1. The highest BCUT2D eigenvalue weighted by atomic mass is 16.4. The average Bonchev–Trinajstić information content (AvgIpc) is 2.38. The fourth-order valence-corrected chi connectivity index (χ4v) is 2.47. The Morgan fingerprint density at radius 1 is 1.19 bits per heavy atom. The molecule has 5 heteroatoms. The lowest BCUT2D eigenvalue weighted by Gasteiger charge is -2.26. The molecule has 0 bridgehead atoms. The quantitative estimate of drug-likeness (QED) is 0.687. The molecule has 0 aromatic heterocycles. The summed E-state index contributed by atoms with van der Waals surface area (Å²) < 4.78 is 0. The van der Waals surface area contributed by atoms with Gasteiger partial charge in [-0.1, -0.05) is 32.8 Å². The average molecular weight is 293 g/mol. The van der Waals surface area contributed by atoms with E-state index in [-0.39, 0.29) is 17.9 Å². The minimum atomic E-state index is -1.04. The van der Waals surface area contributed by atoms with Gasteiger partial charge in [0.05, 0.1) is 17.6 Å². The van der Waals surface area contributed by atoms with E-state index < -0.39 is 11.6 Å². The lowest BCUT2D eigenvalue weighted by atomic mass is 9.89. The van der Waals surface area contributed by atoms with E-state index in [1.54, 1.807) is 12.1 Å². The number of aromatic carboxylic acids is 1. The van der Waals surface area contributed by atoms with Crippen molar-refractivity contribution in [2.45, 2.75) is 51.6 Å². The molecule has 0 aliphatic rings. The maximum atomic E-state index is 12.0. The van der Waals surface area contributed by atoms with Crippen molar-refractivity contribution >= 4 is 17.6 Å². The number of carboxylic acid groups (broad SMARTS) is 1. The van der Waals surface area contributed by atoms with Crippen LogP contribution in [0.25, 0.3) is 0 Å². The van der Waals surface area contributed by atoms with Crippen molar-refractivity contribution in [3.05, 3.63) is 29.8 Å². The van der Waals surface area contributed by atoms with E-state index in [1.807, 2.05) is 13.8 Å². The molecule has 21 heavy (non-hydrogen) atoms. The summed E-state index contributed by atoms with van der Waals surface area (Å²) in [5.74, 6) is -1.35. The standard InChI is InChI=1S/C16H23NO4/c1-3-8-16(21,9-4-2)11-14(18)17-13-7-5-6-12(10-13)15(19)20/h5-7,10,21H,3-4,8-9,11H2,1-2H3,(H,17,18)(H,19,20). The summed E-state index contributed by atoms with van der Waals surface area (Å²) in [6, 6.07) is 6.06. The van der Waals surface area contributed by atoms with Crippen LogP contribution in [-0.4, -0.2) is 27.7 Å². The smallest absolute Gasteiger partial charge is 0.335 e. The van der Waals surface area contributed by atoms with Gasteiger partial charge in [-0.25, -0.2) is 4.79 Å². The van der Waals surface area contributed by atoms with Crippen molar-refractivity contribution in [3.63, 3.8) is 0 Å². The fourth-order valence-electron chi connectivity index (χ4n) is 2.47. The Hall–Kier alpha value is -1.88. The van der Waals surface area contributed by atoms with Crippen LogP contribution in [0.2, 0.25) is 0 Å². The molecule has 1 amide bonds. The largest absolute Gasteiger partial charge is 0.478 e. The van der Waals surface area contributed by atoms with Gasteiger partial charge in [0.25, 0.3) is 0 Å². The maximum Gasteiger partial charge on any atom is 0.335 e. The van der Waals surface area contributed by atoms with Crippen LogP contribution in [0.3, 0.4) is 0 Å². The summed E-state index contributed by atoms with van der Waals surface area (Å²) in [6.45, 7) is 3.93. The van der Waals surface area contributed by atoms with E-state index in [4.69, 9.17) is 5.11 Å². The third kappa shape index (κ3) is 5.55. The Balaban J connectivity index is 2.72. The Morgan fingerprint density at radius 3 is 2.33 bits per heavy atom. The van der Waals surface area contributed by atoms with Gasteiger partial charge in [-0.2, -0.15) is 0 Å². The second kappa shape index (κ2) is 7.78. The number of nitrogens with one attached hydrogen (secondary N) is 1. The SMILES string of the molecule is CCCC(O)(CCC)CC(=O)Nc1cccc(C(=O)O)c1. The number of carbonyl (C=O) groups excluding carboxylic acids is 1. The topological polar surface area (TPSA) is 86.6 Å². The molecule has 116 valence electrons. The molecule has 0 aliphatic heterocycles. The zero-order valence-electron chi connectivity index (χ0n) is 12.6. The zero-order valence-corrected chi connectivity index (χ0v) is 12.6. The van der Waals surface area contributed by atoms with Crippen LogP contribution in [0, 0.1) is 0 Å². The maximum absolute atomic E-state index is 12.0. The first kappa shape index (κ1) is 17.2. The van der Waals surface area contributed by atoms with Crippen molar-refractivity contribution in [2.75, 3.05) is 5.32 Å². The highest BCUT2D eigenvalue weighted by Gasteiger charge is 2.28. The molecule has 0 fully saturated rings. The van der Waals surface area contributed by atoms with Crippen molar-refractivity contribution in [2.24, 2.45) is 0 Å². The van der Waals surface area contributed by atoms with Gasteiger partial charge in [0.15, 0.2) is 0 Å². The van der Waals surface area contributed by atoms with E-state index >= 15 is 0 Å². The summed E-state index contributed by atoms with van der Waals surface area (Å²) in [4.78, 5) is 22.9. The first-order valence-electron chi connectivity index (χ1n) is 7.26. The number of hydrogen-bond donors (Lipinski definition) is 3. The highest BCUT2D eigenvalue weighted by Crippen LogP contribution is 2.24. The van der Waals surface area contributed by atoms with Crippen LogP contribution < -0.4 is 5.32 Å².